The van der Waals surface area contributed by atoms with Crippen LogP contribution in [-0.4, -0.2) is 25.7 Å². The predicted molar refractivity (Wildman–Crippen MR) is 87.7 cm³/mol. The second-order valence-electron chi connectivity index (χ2n) is 5.65. The number of amides is 1. The molecule has 0 fully saturated rings. The fraction of sp³-hybridized carbons (Fsp3) is 0.176. The zero-order valence-corrected chi connectivity index (χ0v) is 13.8. The number of aryl methyl sites for hydroxylation is 3. The summed E-state index contributed by atoms with van der Waals surface area (Å²) in [7, 11) is 0. The highest BCUT2D eigenvalue weighted by atomic mass is 19.1. The van der Waals surface area contributed by atoms with Crippen LogP contribution in [0.25, 0.3) is 5.95 Å². The van der Waals surface area contributed by atoms with Gasteiger partial charge in [0.25, 0.3) is 11.9 Å². The number of carbonyl (C=O) groups is 1. The van der Waals surface area contributed by atoms with Crippen molar-refractivity contribution < 1.29 is 13.6 Å². The first-order valence-corrected chi connectivity index (χ1v) is 7.48. The van der Waals surface area contributed by atoms with Crippen molar-refractivity contribution in [2.24, 2.45) is 0 Å². The van der Waals surface area contributed by atoms with Gasteiger partial charge in [0.1, 0.15) is 17.5 Å². The zero-order chi connectivity index (χ0) is 18.1. The first-order chi connectivity index (χ1) is 11.8. The van der Waals surface area contributed by atoms with Gasteiger partial charge in [-0.05, 0) is 39.0 Å². The van der Waals surface area contributed by atoms with Crippen molar-refractivity contribution in [3.8, 4) is 5.95 Å². The van der Waals surface area contributed by atoms with Gasteiger partial charge in [-0.1, -0.05) is 0 Å². The molecule has 0 aliphatic heterocycles. The number of halogens is 2. The molecule has 0 unspecified atom stereocenters. The molecule has 6 nitrogen and oxygen atoms in total. The van der Waals surface area contributed by atoms with E-state index in [2.05, 4.69) is 20.4 Å². The summed E-state index contributed by atoms with van der Waals surface area (Å²) in [6, 6.07) is 6.05. The zero-order valence-electron chi connectivity index (χ0n) is 13.8. The molecule has 0 spiro atoms. The lowest BCUT2D eigenvalue weighted by Crippen LogP contribution is -2.17. The van der Waals surface area contributed by atoms with E-state index in [-0.39, 0.29) is 5.56 Å². The average Bonchev–Trinajstić information content (AvgIpc) is 2.86. The maximum Gasteiger partial charge on any atom is 0.257 e. The number of hydrogen-bond donors (Lipinski definition) is 1. The topological polar surface area (TPSA) is 72.7 Å². The Labute approximate surface area is 142 Å². The lowest BCUT2D eigenvalue weighted by molar-refractivity contribution is 0.102. The lowest BCUT2D eigenvalue weighted by atomic mass is 10.2. The van der Waals surface area contributed by atoms with Crippen molar-refractivity contribution in [3.63, 3.8) is 0 Å². The van der Waals surface area contributed by atoms with Crippen LogP contribution in [-0.2, 0) is 0 Å². The van der Waals surface area contributed by atoms with Crippen molar-refractivity contribution in [1.29, 1.82) is 0 Å². The first-order valence-electron chi connectivity index (χ1n) is 7.48. The summed E-state index contributed by atoms with van der Waals surface area (Å²) in [6.45, 7) is 5.39. The molecule has 0 saturated heterocycles. The summed E-state index contributed by atoms with van der Waals surface area (Å²) in [5.41, 5.74) is 1.99. The molecule has 2 aromatic heterocycles. The van der Waals surface area contributed by atoms with Crippen LogP contribution >= 0.6 is 0 Å². The van der Waals surface area contributed by atoms with E-state index in [9.17, 15) is 13.6 Å². The average molecular weight is 343 g/mol. The van der Waals surface area contributed by atoms with E-state index in [1.165, 1.54) is 4.68 Å². The maximum absolute atomic E-state index is 13.3. The Morgan fingerprint density at radius 1 is 0.920 bits per heavy atom. The number of nitrogens with zero attached hydrogens (tertiary/aromatic N) is 4. The van der Waals surface area contributed by atoms with Crippen LogP contribution in [0, 0.1) is 32.4 Å². The highest BCUT2D eigenvalue weighted by Crippen LogP contribution is 2.17. The van der Waals surface area contributed by atoms with E-state index >= 15 is 0 Å². The van der Waals surface area contributed by atoms with Gasteiger partial charge in [0, 0.05) is 29.1 Å². The molecule has 128 valence electrons. The number of benzene rings is 1. The van der Waals surface area contributed by atoms with Crippen molar-refractivity contribution in [1.82, 2.24) is 19.7 Å². The molecule has 0 aliphatic carbocycles. The van der Waals surface area contributed by atoms with Crippen LogP contribution < -0.4 is 5.32 Å². The molecule has 25 heavy (non-hydrogen) atoms. The number of nitrogens with one attached hydrogen (secondary N) is 1. The van der Waals surface area contributed by atoms with Crippen LogP contribution in [0.2, 0.25) is 0 Å². The van der Waals surface area contributed by atoms with Gasteiger partial charge in [0.05, 0.1) is 5.69 Å². The molecule has 8 heteroatoms. The van der Waals surface area contributed by atoms with Crippen LogP contribution in [0.1, 0.15) is 27.4 Å². The SMILES string of the molecule is Cc1cc(C)nc(-n2nc(C)cc2NC(=O)c2cc(F)cc(F)c2)n1. The molecular weight excluding hydrogens is 328 g/mol. The second kappa shape index (κ2) is 6.39. The number of carbonyl (C=O) groups excluding carboxylic acids is 1. The molecule has 0 bridgehead atoms. The van der Waals surface area contributed by atoms with Crippen molar-refractivity contribution in [3.05, 3.63) is 64.6 Å². The summed E-state index contributed by atoms with van der Waals surface area (Å²) in [4.78, 5) is 20.9. The van der Waals surface area contributed by atoms with E-state index in [0.717, 1.165) is 23.5 Å². The maximum atomic E-state index is 13.3. The van der Waals surface area contributed by atoms with Crippen LogP contribution in [0.3, 0.4) is 0 Å². The molecule has 3 aromatic rings. The predicted octanol–water partition coefficient (Wildman–Crippen LogP) is 3.12. The largest absolute Gasteiger partial charge is 0.306 e. The van der Waals surface area contributed by atoms with Gasteiger partial charge in [0.2, 0.25) is 0 Å². The highest BCUT2D eigenvalue weighted by Gasteiger charge is 2.16. The minimum Gasteiger partial charge on any atom is -0.306 e. The number of aromatic nitrogens is 4. The molecular formula is C17H15F2N5O. The molecule has 0 radical (unpaired) electrons. The van der Waals surface area contributed by atoms with Gasteiger partial charge in [-0.2, -0.15) is 9.78 Å². The van der Waals surface area contributed by atoms with E-state index < -0.39 is 17.5 Å². The molecule has 3 rings (SSSR count). The summed E-state index contributed by atoms with van der Waals surface area (Å²) in [5.74, 6) is -1.72. The minimum atomic E-state index is -0.826. The molecule has 0 aliphatic rings. The Balaban J connectivity index is 1.97. The van der Waals surface area contributed by atoms with E-state index in [1.807, 2.05) is 19.9 Å². The van der Waals surface area contributed by atoms with Crippen molar-refractivity contribution in [2.75, 3.05) is 5.32 Å². The molecule has 1 amide bonds. The number of hydrogen-bond acceptors (Lipinski definition) is 4. The van der Waals surface area contributed by atoms with Gasteiger partial charge in [-0.15, -0.1) is 0 Å². The first kappa shape index (κ1) is 16.7. The van der Waals surface area contributed by atoms with E-state index in [1.54, 1.807) is 13.0 Å². The highest BCUT2D eigenvalue weighted by molar-refractivity contribution is 6.03. The summed E-state index contributed by atoms with van der Waals surface area (Å²) in [5, 5.41) is 6.86. The Hall–Kier alpha value is -3.16. The Morgan fingerprint density at radius 3 is 2.12 bits per heavy atom. The van der Waals surface area contributed by atoms with Gasteiger partial charge in [0.15, 0.2) is 0 Å². The fourth-order valence-corrected chi connectivity index (χ4v) is 2.42. The van der Waals surface area contributed by atoms with Gasteiger partial charge in [-0.25, -0.2) is 18.7 Å². The summed E-state index contributed by atoms with van der Waals surface area (Å²) in [6.07, 6.45) is 0. The summed E-state index contributed by atoms with van der Waals surface area (Å²) >= 11 is 0. The van der Waals surface area contributed by atoms with E-state index in [4.69, 9.17) is 0 Å². The van der Waals surface area contributed by atoms with E-state index in [0.29, 0.717) is 23.5 Å². The smallest absolute Gasteiger partial charge is 0.257 e. The molecule has 1 N–H and O–H groups in total. The third-order valence-corrected chi connectivity index (χ3v) is 3.36. The van der Waals surface area contributed by atoms with Crippen LogP contribution in [0.15, 0.2) is 30.3 Å². The van der Waals surface area contributed by atoms with Crippen molar-refractivity contribution in [2.45, 2.75) is 20.8 Å². The fourth-order valence-electron chi connectivity index (χ4n) is 2.42. The molecule has 2 heterocycles. The molecule has 1 aromatic carbocycles. The van der Waals surface area contributed by atoms with Gasteiger partial charge < -0.3 is 5.32 Å². The Bertz CT molecular complexity index is 927. The monoisotopic (exact) mass is 343 g/mol. The van der Waals surface area contributed by atoms with Crippen LogP contribution in [0.4, 0.5) is 14.6 Å². The van der Waals surface area contributed by atoms with Crippen molar-refractivity contribution >= 4 is 11.7 Å². The number of anilines is 1. The number of rotatable bonds is 3. The third-order valence-electron chi connectivity index (χ3n) is 3.36. The summed E-state index contributed by atoms with van der Waals surface area (Å²) < 4.78 is 28.0. The molecule has 0 atom stereocenters. The standard InChI is InChI=1S/C17H15F2N5O/c1-9-4-10(2)21-17(20-9)24-15(5-11(3)23-24)22-16(25)12-6-13(18)8-14(19)7-12/h4-8H,1-3H3,(H,22,25). The third kappa shape index (κ3) is 3.68. The quantitative estimate of drug-likeness (QED) is 0.793. The Kier molecular flexibility index (Phi) is 4.26. The minimum absolute atomic E-state index is 0.135. The van der Waals surface area contributed by atoms with Gasteiger partial charge in [-0.3, -0.25) is 4.79 Å². The second-order valence-corrected chi connectivity index (χ2v) is 5.65. The van der Waals surface area contributed by atoms with Crippen LogP contribution in [0.5, 0.6) is 0 Å². The normalized spacial score (nSPS) is 10.8. The lowest BCUT2D eigenvalue weighted by Gasteiger charge is -2.09. The Morgan fingerprint density at radius 2 is 1.52 bits per heavy atom. The molecule has 0 saturated carbocycles. The van der Waals surface area contributed by atoms with Gasteiger partial charge >= 0.3 is 0 Å².